The molecule has 5 aromatic rings. The van der Waals surface area contributed by atoms with E-state index in [2.05, 4.69) is 10.6 Å². The van der Waals surface area contributed by atoms with Crippen molar-refractivity contribution in [3.8, 4) is 5.69 Å². The van der Waals surface area contributed by atoms with Gasteiger partial charge in [-0.05, 0) is 36.4 Å². The molecule has 0 spiro atoms. The van der Waals surface area contributed by atoms with Crippen LogP contribution in [0.25, 0.3) is 26.9 Å². The molecule has 0 N–H and O–H groups in total. The summed E-state index contributed by atoms with van der Waals surface area (Å²) in [6, 6.07) is 23.4. The molecule has 5 rings (SSSR count). The lowest BCUT2D eigenvalue weighted by atomic mass is 10.3. The number of benzene rings is 2. The van der Waals surface area contributed by atoms with Gasteiger partial charge in [-0.1, -0.05) is 30.3 Å². The van der Waals surface area contributed by atoms with Crippen molar-refractivity contribution >= 4 is 32.6 Å². The number of hydrogen-bond acceptors (Lipinski definition) is 3. The van der Waals surface area contributed by atoms with Crippen LogP contribution in [0.3, 0.4) is 0 Å². The molecule has 0 saturated heterocycles. The predicted octanol–water partition coefficient (Wildman–Crippen LogP) is 4.45. The van der Waals surface area contributed by atoms with Gasteiger partial charge in [0.2, 0.25) is 0 Å². The van der Waals surface area contributed by atoms with E-state index in [0.29, 0.717) is 6.54 Å². The van der Waals surface area contributed by atoms with E-state index in [1.165, 1.54) is 4.70 Å². The fourth-order valence-electron chi connectivity index (χ4n) is 3.30. The van der Waals surface area contributed by atoms with Crippen LogP contribution in [-0.2, 0) is 6.54 Å². The average molecular weight is 357 g/mol. The lowest BCUT2D eigenvalue weighted by molar-refractivity contribution is 0.829. The highest BCUT2D eigenvalue weighted by Crippen LogP contribution is 2.24. The summed E-state index contributed by atoms with van der Waals surface area (Å²) in [6.45, 7) is 0.690. The van der Waals surface area contributed by atoms with Gasteiger partial charge in [0.15, 0.2) is 0 Å². The maximum atomic E-state index is 12.5. The molecular weight excluding hydrogens is 342 g/mol. The zero-order valence-electron chi connectivity index (χ0n) is 13.9. The smallest absolute Gasteiger partial charge is 0.255 e. The molecule has 0 atom stereocenters. The minimum absolute atomic E-state index is 0.0264. The Labute approximate surface area is 153 Å². The summed E-state index contributed by atoms with van der Waals surface area (Å²) in [7, 11) is 0. The molecule has 0 aliphatic rings. The molecule has 0 unspecified atom stereocenters. The van der Waals surface area contributed by atoms with Crippen molar-refractivity contribution in [2.75, 3.05) is 0 Å². The standard InChI is InChI=1S/C21H15N3OS/c25-21-11-10-17-18(24(21)15-6-2-1-3-7-15)12-13-23(17)14-20-22-16-8-4-5-9-19(16)26-20/h1-13H,14H2. The van der Waals surface area contributed by atoms with E-state index in [1.54, 1.807) is 22.0 Å². The van der Waals surface area contributed by atoms with E-state index in [4.69, 9.17) is 4.98 Å². The predicted molar refractivity (Wildman–Crippen MR) is 106 cm³/mol. The maximum absolute atomic E-state index is 12.5. The zero-order valence-corrected chi connectivity index (χ0v) is 14.7. The van der Waals surface area contributed by atoms with E-state index < -0.39 is 0 Å². The van der Waals surface area contributed by atoms with Crippen LogP contribution in [0.15, 0.2) is 83.8 Å². The molecule has 126 valence electrons. The highest BCUT2D eigenvalue weighted by atomic mass is 32.1. The summed E-state index contributed by atoms with van der Waals surface area (Å²) in [4.78, 5) is 17.2. The first kappa shape index (κ1) is 15.1. The number of rotatable bonds is 3. The molecule has 26 heavy (non-hydrogen) atoms. The van der Waals surface area contributed by atoms with Gasteiger partial charge in [-0.3, -0.25) is 9.36 Å². The van der Waals surface area contributed by atoms with Gasteiger partial charge in [-0.25, -0.2) is 4.98 Å². The van der Waals surface area contributed by atoms with E-state index in [1.807, 2.05) is 66.9 Å². The van der Waals surface area contributed by atoms with Gasteiger partial charge >= 0.3 is 0 Å². The third-order valence-electron chi connectivity index (χ3n) is 4.49. The van der Waals surface area contributed by atoms with Crippen molar-refractivity contribution in [1.82, 2.24) is 14.1 Å². The van der Waals surface area contributed by atoms with Gasteiger partial charge in [0, 0.05) is 18.0 Å². The molecule has 0 fully saturated rings. The summed E-state index contributed by atoms with van der Waals surface area (Å²) in [5.74, 6) is 0. The van der Waals surface area contributed by atoms with Crippen molar-refractivity contribution in [3.63, 3.8) is 0 Å². The van der Waals surface area contributed by atoms with Crippen LogP contribution in [0.1, 0.15) is 5.01 Å². The Morgan fingerprint density at radius 1 is 0.846 bits per heavy atom. The zero-order chi connectivity index (χ0) is 17.5. The second-order valence-electron chi connectivity index (χ2n) is 6.13. The summed E-state index contributed by atoms with van der Waals surface area (Å²) < 4.78 is 5.09. The van der Waals surface area contributed by atoms with E-state index in [0.717, 1.165) is 27.2 Å². The van der Waals surface area contributed by atoms with Crippen molar-refractivity contribution in [1.29, 1.82) is 0 Å². The lowest BCUT2D eigenvalue weighted by Gasteiger charge is -2.09. The number of pyridine rings is 1. The fraction of sp³-hybridized carbons (Fsp3) is 0.0476. The lowest BCUT2D eigenvalue weighted by Crippen LogP contribution is -2.17. The molecule has 4 nitrogen and oxygen atoms in total. The average Bonchev–Trinajstić information content (AvgIpc) is 3.26. The van der Waals surface area contributed by atoms with Crippen molar-refractivity contribution in [2.24, 2.45) is 0 Å². The molecule has 2 aromatic carbocycles. The van der Waals surface area contributed by atoms with Crippen LogP contribution in [0.2, 0.25) is 0 Å². The van der Waals surface area contributed by atoms with Crippen molar-refractivity contribution < 1.29 is 0 Å². The second kappa shape index (κ2) is 5.97. The third-order valence-corrected chi connectivity index (χ3v) is 5.51. The summed E-state index contributed by atoms with van der Waals surface area (Å²) in [5, 5.41) is 1.06. The molecule has 0 saturated carbocycles. The molecule has 3 heterocycles. The molecular formula is C21H15N3OS. The molecule has 0 amide bonds. The minimum Gasteiger partial charge on any atom is -0.339 e. The molecule has 0 radical (unpaired) electrons. The summed E-state index contributed by atoms with van der Waals surface area (Å²) in [6.07, 6.45) is 2.02. The van der Waals surface area contributed by atoms with Gasteiger partial charge in [0.1, 0.15) is 5.01 Å². The van der Waals surface area contributed by atoms with Gasteiger partial charge in [-0.15, -0.1) is 11.3 Å². The van der Waals surface area contributed by atoms with E-state index >= 15 is 0 Å². The van der Waals surface area contributed by atoms with Crippen LogP contribution in [0, 0.1) is 0 Å². The van der Waals surface area contributed by atoms with Crippen LogP contribution < -0.4 is 5.56 Å². The second-order valence-corrected chi connectivity index (χ2v) is 7.25. The largest absolute Gasteiger partial charge is 0.339 e. The van der Waals surface area contributed by atoms with Gasteiger partial charge in [0.05, 0.1) is 27.8 Å². The van der Waals surface area contributed by atoms with Crippen molar-refractivity contribution in [2.45, 2.75) is 6.54 Å². The van der Waals surface area contributed by atoms with Crippen LogP contribution in [-0.4, -0.2) is 14.1 Å². The van der Waals surface area contributed by atoms with Crippen LogP contribution in [0.4, 0.5) is 0 Å². The van der Waals surface area contributed by atoms with Gasteiger partial charge in [0.25, 0.3) is 5.56 Å². The van der Waals surface area contributed by atoms with Gasteiger partial charge < -0.3 is 4.57 Å². The Balaban J connectivity index is 1.63. The van der Waals surface area contributed by atoms with E-state index in [-0.39, 0.29) is 5.56 Å². The quantitative estimate of drug-likeness (QED) is 0.479. The molecule has 3 aromatic heterocycles. The first-order valence-electron chi connectivity index (χ1n) is 8.40. The molecule has 0 aliphatic heterocycles. The SMILES string of the molecule is O=c1ccc2c(ccn2Cc2nc3ccccc3s2)n1-c1ccccc1. The summed E-state index contributed by atoms with van der Waals surface area (Å²) >= 11 is 1.71. The van der Waals surface area contributed by atoms with Gasteiger partial charge in [-0.2, -0.15) is 0 Å². The first-order chi connectivity index (χ1) is 12.8. The Hall–Kier alpha value is -3.18. The monoisotopic (exact) mass is 357 g/mol. The summed E-state index contributed by atoms with van der Waals surface area (Å²) in [5.41, 5.74) is 3.81. The van der Waals surface area contributed by atoms with Crippen LogP contribution >= 0.6 is 11.3 Å². The Morgan fingerprint density at radius 3 is 2.50 bits per heavy atom. The Morgan fingerprint density at radius 2 is 1.65 bits per heavy atom. The normalized spacial score (nSPS) is 11.4. The first-order valence-corrected chi connectivity index (χ1v) is 9.22. The number of aromatic nitrogens is 3. The maximum Gasteiger partial charge on any atom is 0.255 e. The molecule has 0 aliphatic carbocycles. The fourth-order valence-corrected chi connectivity index (χ4v) is 4.27. The number of thiazole rings is 1. The Kier molecular flexibility index (Phi) is 3.47. The third kappa shape index (κ3) is 2.45. The topological polar surface area (TPSA) is 39.8 Å². The molecule has 0 bridgehead atoms. The highest BCUT2D eigenvalue weighted by molar-refractivity contribution is 7.18. The van der Waals surface area contributed by atoms with Crippen molar-refractivity contribution in [3.05, 3.63) is 94.4 Å². The highest BCUT2D eigenvalue weighted by Gasteiger charge is 2.11. The number of hydrogen-bond donors (Lipinski definition) is 0. The minimum atomic E-state index is -0.0264. The number of nitrogens with zero attached hydrogens (tertiary/aromatic N) is 3. The van der Waals surface area contributed by atoms with Crippen LogP contribution in [0.5, 0.6) is 0 Å². The number of para-hydroxylation sites is 2. The van der Waals surface area contributed by atoms with E-state index in [9.17, 15) is 4.79 Å². The number of fused-ring (bicyclic) bond motifs is 2. The molecule has 5 heteroatoms. The Bertz CT molecular complexity index is 1250.